The van der Waals surface area contributed by atoms with Crippen molar-refractivity contribution in [2.75, 3.05) is 19.0 Å². The van der Waals surface area contributed by atoms with E-state index in [9.17, 15) is 10.5 Å². The van der Waals surface area contributed by atoms with Gasteiger partial charge in [-0.1, -0.05) is 20.8 Å². The molecule has 5 heteroatoms. The van der Waals surface area contributed by atoms with E-state index in [2.05, 4.69) is 10.3 Å². The number of ether oxygens (including phenoxy) is 1. The summed E-state index contributed by atoms with van der Waals surface area (Å²) in [5.41, 5.74) is 1.11. The van der Waals surface area contributed by atoms with Crippen molar-refractivity contribution in [1.82, 2.24) is 0 Å². The molecule has 1 N–H and O–H groups in total. The third kappa shape index (κ3) is 5.68. The Bertz CT molecular complexity index is 637. The van der Waals surface area contributed by atoms with Crippen LogP contribution in [0.3, 0.4) is 0 Å². The molecule has 1 rings (SSSR count). The average Bonchev–Trinajstić information content (AvgIpc) is 2.50. The number of aliphatic imine (C=N–C) groups is 1. The summed E-state index contributed by atoms with van der Waals surface area (Å²) in [4.78, 5) is 4.23. The molecule has 0 bridgehead atoms. The topological polar surface area (TPSA) is 81.2 Å². The van der Waals surface area contributed by atoms with Crippen molar-refractivity contribution < 1.29 is 4.74 Å². The third-order valence-corrected chi connectivity index (χ3v) is 2.67. The fraction of sp³-hybridized carbons (Fsp3) is 0.353. The molecule has 0 aliphatic carbocycles. The van der Waals surface area contributed by atoms with Crippen molar-refractivity contribution in [3.05, 3.63) is 36.0 Å². The number of nitrogens with one attached hydrogen (secondary N) is 1. The number of anilines is 1. The van der Waals surface area contributed by atoms with Gasteiger partial charge in [0.2, 0.25) is 0 Å². The Morgan fingerprint density at radius 1 is 1.23 bits per heavy atom. The number of nitriles is 2. The van der Waals surface area contributed by atoms with E-state index in [1.165, 1.54) is 6.20 Å². The lowest BCUT2D eigenvalue weighted by atomic mass is 9.97. The Morgan fingerprint density at radius 3 is 2.32 bits per heavy atom. The van der Waals surface area contributed by atoms with Crippen LogP contribution in [0, 0.1) is 28.1 Å². The van der Waals surface area contributed by atoms with Gasteiger partial charge in [0.1, 0.15) is 23.5 Å². The zero-order valence-electron chi connectivity index (χ0n) is 13.3. The first-order valence-corrected chi connectivity index (χ1v) is 6.85. The van der Waals surface area contributed by atoms with E-state index < -0.39 is 0 Å². The Labute approximate surface area is 131 Å². The Morgan fingerprint density at radius 2 is 1.86 bits per heavy atom. The standard InChI is InChI=1S/C17H20N4O/c1-17(2,3)12-21-16(10-19)13(9-18)11-20-14-5-7-15(22-4)8-6-14/h5-8,11,20H,12H2,1-4H3/b13-11-,21-16?. The van der Waals surface area contributed by atoms with Crippen molar-refractivity contribution in [1.29, 1.82) is 10.5 Å². The van der Waals surface area contributed by atoms with E-state index in [1.807, 2.05) is 45.0 Å². The SMILES string of the molecule is COc1ccc(N/C=C(/C#N)C(C#N)=NCC(C)(C)C)cc1. The first-order chi connectivity index (χ1) is 10.4. The molecule has 0 saturated heterocycles. The van der Waals surface area contributed by atoms with Crippen molar-refractivity contribution in [3.8, 4) is 17.9 Å². The number of rotatable bonds is 5. The zero-order valence-corrected chi connectivity index (χ0v) is 13.3. The second-order valence-electron chi connectivity index (χ2n) is 5.88. The monoisotopic (exact) mass is 296 g/mol. The maximum absolute atomic E-state index is 9.21. The predicted octanol–water partition coefficient (Wildman–Crippen LogP) is 3.53. The minimum absolute atomic E-state index is 0.0356. The van der Waals surface area contributed by atoms with E-state index in [0.29, 0.717) is 6.54 Å². The number of hydrogen-bond donors (Lipinski definition) is 1. The second kappa shape index (κ2) is 7.85. The van der Waals surface area contributed by atoms with Gasteiger partial charge in [-0.15, -0.1) is 0 Å². The fourth-order valence-electron chi connectivity index (χ4n) is 1.49. The van der Waals surface area contributed by atoms with E-state index in [-0.39, 0.29) is 16.7 Å². The molecule has 5 nitrogen and oxygen atoms in total. The highest BCUT2D eigenvalue weighted by atomic mass is 16.5. The van der Waals surface area contributed by atoms with Gasteiger partial charge < -0.3 is 10.1 Å². The maximum atomic E-state index is 9.21. The summed E-state index contributed by atoms with van der Waals surface area (Å²) in [6.45, 7) is 6.56. The van der Waals surface area contributed by atoms with Crippen LogP contribution in [0.25, 0.3) is 0 Å². The molecule has 0 aliphatic rings. The third-order valence-electron chi connectivity index (χ3n) is 2.67. The highest BCUT2D eigenvalue weighted by Crippen LogP contribution is 2.16. The molecule has 1 aromatic rings. The highest BCUT2D eigenvalue weighted by Gasteiger charge is 2.12. The summed E-state index contributed by atoms with van der Waals surface area (Å²) in [7, 11) is 1.60. The lowest BCUT2D eigenvalue weighted by Gasteiger charge is -2.14. The van der Waals surface area contributed by atoms with Gasteiger partial charge in [-0.3, -0.25) is 4.99 Å². The lowest BCUT2D eigenvalue weighted by molar-refractivity contribution is 0.415. The van der Waals surface area contributed by atoms with Gasteiger partial charge in [0.05, 0.1) is 7.11 Å². The normalized spacial score (nSPS) is 12.3. The van der Waals surface area contributed by atoms with Gasteiger partial charge in [0, 0.05) is 18.4 Å². The van der Waals surface area contributed by atoms with Crippen LogP contribution in [0.15, 0.2) is 41.0 Å². The lowest BCUT2D eigenvalue weighted by Crippen LogP contribution is -2.12. The number of benzene rings is 1. The Kier molecular flexibility index (Phi) is 6.16. The first kappa shape index (κ1) is 17.3. The Hall–Kier alpha value is -2.79. The molecule has 0 fully saturated rings. The van der Waals surface area contributed by atoms with Crippen molar-refractivity contribution in [2.24, 2.45) is 10.4 Å². The smallest absolute Gasteiger partial charge is 0.154 e. The van der Waals surface area contributed by atoms with Gasteiger partial charge in [-0.05, 0) is 29.7 Å². The molecule has 0 heterocycles. The number of allylic oxidation sites excluding steroid dienone is 1. The minimum Gasteiger partial charge on any atom is -0.497 e. The number of nitrogens with zero attached hydrogens (tertiary/aromatic N) is 3. The zero-order chi connectivity index (χ0) is 16.6. The number of hydrogen-bond acceptors (Lipinski definition) is 5. The van der Waals surface area contributed by atoms with Gasteiger partial charge in [0.15, 0.2) is 5.71 Å². The highest BCUT2D eigenvalue weighted by molar-refractivity contribution is 6.14. The molecule has 0 aromatic heterocycles. The quantitative estimate of drug-likeness (QED) is 0.665. The van der Waals surface area contributed by atoms with Crippen LogP contribution < -0.4 is 10.1 Å². The van der Waals surface area contributed by atoms with Crippen molar-refractivity contribution in [3.63, 3.8) is 0 Å². The van der Waals surface area contributed by atoms with Crippen LogP contribution >= 0.6 is 0 Å². The molecule has 0 spiro atoms. The van der Waals surface area contributed by atoms with E-state index in [4.69, 9.17) is 4.74 Å². The molecule has 0 amide bonds. The van der Waals surface area contributed by atoms with Gasteiger partial charge in [-0.25, -0.2) is 0 Å². The number of methoxy groups -OCH3 is 1. The average molecular weight is 296 g/mol. The first-order valence-electron chi connectivity index (χ1n) is 6.85. The summed E-state index contributed by atoms with van der Waals surface area (Å²) >= 11 is 0. The van der Waals surface area contributed by atoms with Gasteiger partial charge in [-0.2, -0.15) is 10.5 Å². The summed E-state index contributed by atoms with van der Waals surface area (Å²) in [5.74, 6) is 0.750. The van der Waals surface area contributed by atoms with Crippen LogP contribution in [0.2, 0.25) is 0 Å². The van der Waals surface area contributed by atoms with E-state index in [1.54, 1.807) is 19.2 Å². The van der Waals surface area contributed by atoms with Gasteiger partial charge >= 0.3 is 0 Å². The van der Waals surface area contributed by atoms with Crippen LogP contribution in [-0.4, -0.2) is 19.4 Å². The van der Waals surface area contributed by atoms with Crippen molar-refractivity contribution in [2.45, 2.75) is 20.8 Å². The molecule has 1 aromatic carbocycles. The molecule has 114 valence electrons. The summed E-state index contributed by atoms with van der Waals surface area (Å²) in [6.07, 6.45) is 1.49. The molecule has 0 radical (unpaired) electrons. The Balaban J connectivity index is 2.89. The molecule has 0 aliphatic heterocycles. The van der Waals surface area contributed by atoms with Gasteiger partial charge in [0.25, 0.3) is 0 Å². The fourth-order valence-corrected chi connectivity index (χ4v) is 1.49. The molecule has 0 unspecified atom stereocenters. The summed E-state index contributed by atoms with van der Waals surface area (Å²) < 4.78 is 5.08. The molecular formula is C17H20N4O. The molecule has 0 atom stereocenters. The largest absolute Gasteiger partial charge is 0.497 e. The van der Waals surface area contributed by atoms with Crippen LogP contribution in [0.1, 0.15) is 20.8 Å². The predicted molar refractivity (Wildman–Crippen MR) is 87.7 cm³/mol. The van der Waals surface area contributed by atoms with Crippen LogP contribution in [0.5, 0.6) is 5.75 Å². The van der Waals surface area contributed by atoms with Crippen LogP contribution in [0.4, 0.5) is 5.69 Å². The summed E-state index contributed by atoms with van der Waals surface area (Å²) in [5, 5.41) is 21.4. The molecule has 0 saturated carbocycles. The van der Waals surface area contributed by atoms with E-state index >= 15 is 0 Å². The minimum atomic E-state index is -0.0356. The van der Waals surface area contributed by atoms with Crippen molar-refractivity contribution >= 4 is 11.4 Å². The summed E-state index contributed by atoms with van der Waals surface area (Å²) in [6, 6.07) is 11.2. The molecule has 22 heavy (non-hydrogen) atoms. The van der Waals surface area contributed by atoms with Crippen LogP contribution in [-0.2, 0) is 0 Å². The van der Waals surface area contributed by atoms with E-state index in [0.717, 1.165) is 11.4 Å². The molecular weight excluding hydrogens is 276 g/mol. The second-order valence-corrected chi connectivity index (χ2v) is 5.88. The maximum Gasteiger partial charge on any atom is 0.154 e.